The molecule has 0 fully saturated rings. The summed E-state index contributed by atoms with van der Waals surface area (Å²) in [7, 11) is 0. The van der Waals surface area contributed by atoms with Gasteiger partial charge in [0.2, 0.25) is 0 Å². The van der Waals surface area contributed by atoms with Gasteiger partial charge in [-0.05, 0) is 18.4 Å². The maximum absolute atomic E-state index is 5.60. The second-order valence-corrected chi connectivity index (χ2v) is 3.57. The van der Waals surface area contributed by atoms with Crippen LogP contribution in [0.2, 0.25) is 0 Å². The first-order chi connectivity index (χ1) is 6.70. The van der Waals surface area contributed by atoms with E-state index in [9.17, 15) is 0 Å². The van der Waals surface area contributed by atoms with Crippen LogP contribution in [0, 0.1) is 0 Å². The van der Waals surface area contributed by atoms with Crippen LogP contribution in [0.15, 0.2) is 36.1 Å². The normalized spacial score (nSPS) is 12.3. The van der Waals surface area contributed by atoms with Crippen molar-refractivity contribution in [3.63, 3.8) is 0 Å². The van der Waals surface area contributed by atoms with Gasteiger partial charge in [0.25, 0.3) is 0 Å². The van der Waals surface area contributed by atoms with Gasteiger partial charge < -0.3 is 5.73 Å². The Morgan fingerprint density at radius 3 is 2.57 bits per heavy atom. The molecule has 0 heterocycles. The van der Waals surface area contributed by atoms with Crippen LogP contribution < -0.4 is 5.73 Å². The van der Waals surface area contributed by atoms with Gasteiger partial charge in [0.05, 0.1) is 0 Å². The molecule has 0 saturated carbocycles. The predicted molar refractivity (Wildman–Crippen MR) is 65.0 cm³/mol. The minimum atomic E-state index is 0.744. The molecule has 0 spiro atoms. The Bertz CT molecular complexity index is 211. The number of hydrogen-bond donors (Lipinski definition) is 1. The van der Waals surface area contributed by atoms with Gasteiger partial charge in [-0.2, -0.15) is 0 Å². The topological polar surface area (TPSA) is 26.0 Å². The van der Waals surface area contributed by atoms with E-state index in [4.69, 9.17) is 5.73 Å². The Labute approximate surface area is 88.4 Å². The molecule has 0 aromatic heterocycles. The molecule has 1 heteroatoms. The monoisotopic (exact) mass is 193 g/mol. The molecular formula is C13H23N. The molecule has 0 rings (SSSR count). The first kappa shape index (κ1) is 13.0. The summed E-state index contributed by atoms with van der Waals surface area (Å²) in [6.07, 6.45) is 12.1. The lowest BCUT2D eigenvalue weighted by Crippen LogP contribution is -1.95. The van der Waals surface area contributed by atoms with Gasteiger partial charge in [0, 0.05) is 12.1 Å². The summed E-state index contributed by atoms with van der Waals surface area (Å²) >= 11 is 0. The summed E-state index contributed by atoms with van der Waals surface area (Å²) in [4.78, 5) is 0. The molecule has 14 heavy (non-hydrogen) atoms. The zero-order chi connectivity index (χ0) is 10.8. The Kier molecular flexibility index (Phi) is 8.01. The van der Waals surface area contributed by atoms with Gasteiger partial charge in [-0.1, -0.05) is 51.5 Å². The quantitative estimate of drug-likeness (QED) is 0.481. The molecule has 0 aliphatic rings. The van der Waals surface area contributed by atoms with Crippen LogP contribution in [0.3, 0.4) is 0 Å². The largest absolute Gasteiger partial charge is 0.402 e. The lowest BCUT2D eigenvalue weighted by atomic mass is 10.1. The van der Waals surface area contributed by atoms with Crippen molar-refractivity contribution in [3.8, 4) is 0 Å². The van der Waals surface area contributed by atoms with E-state index in [2.05, 4.69) is 38.7 Å². The molecule has 0 aromatic rings. The van der Waals surface area contributed by atoms with E-state index in [0.717, 1.165) is 25.0 Å². The number of hydrogen-bond acceptors (Lipinski definition) is 1. The van der Waals surface area contributed by atoms with E-state index in [1.165, 1.54) is 18.4 Å². The van der Waals surface area contributed by atoms with Crippen LogP contribution in [-0.4, -0.2) is 0 Å². The van der Waals surface area contributed by atoms with Crippen molar-refractivity contribution in [1.29, 1.82) is 0 Å². The zero-order valence-electron chi connectivity index (χ0n) is 9.55. The SMILES string of the molecule is C=C(N)CC(/C=C\CC)=C/CCCC. The van der Waals surface area contributed by atoms with E-state index in [0.29, 0.717) is 0 Å². The fraction of sp³-hybridized carbons (Fsp3) is 0.538. The van der Waals surface area contributed by atoms with Crippen molar-refractivity contribution in [2.24, 2.45) is 5.73 Å². The van der Waals surface area contributed by atoms with E-state index in [1.807, 2.05) is 0 Å². The first-order valence-corrected chi connectivity index (χ1v) is 5.49. The van der Waals surface area contributed by atoms with Crippen LogP contribution in [0.4, 0.5) is 0 Å². The third kappa shape index (κ3) is 7.66. The van der Waals surface area contributed by atoms with Gasteiger partial charge >= 0.3 is 0 Å². The summed E-state index contributed by atoms with van der Waals surface area (Å²) in [6.45, 7) is 8.08. The summed E-state index contributed by atoms with van der Waals surface area (Å²) < 4.78 is 0. The summed E-state index contributed by atoms with van der Waals surface area (Å²) in [5, 5.41) is 0. The molecule has 2 N–H and O–H groups in total. The van der Waals surface area contributed by atoms with Gasteiger partial charge in [-0.25, -0.2) is 0 Å². The highest BCUT2D eigenvalue weighted by molar-refractivity contribution is 5.23. The standard InChI is InChI=1S/C13H23N/c1-4-6-8-10-13(9-7-5-2)11-12(3)14/h7,9-10H,3-6,8,11,14H2,1-2H3/b9-7-,13-10+. The third-order valence-electron chi connectivity index (χ3n) is 1.96. The Hall–Kier alpha value is -0.980. The summed E-state index contributed by atoms with van der Waals surface area (Å²) in [5.74, 6) is 0. The molecule has 0 unspecified atom stereocenters. The molecule has 0 atom stereocenters. The second-order valence-electron chi connectivity index (χ2n) is 3.57. The minimum absolute atomic E-state index is 0.744. The van der Waals surface area contributed by atoms with E-state index in [1.54, 1.807) is 0 Å². The maximum Gasteiger partial charge on any atom is 0.0111 e. The number of allylic oxidation sites excluding steroid dienone is 4. The third-order valence-corrected chi connectivity index (χ3v) is 1.96. The molecular weight excluding hydrogens is 170 g/mol. The second kappa shape index (κ2) is 8.61. The van der Waals surface area contributed by atoms with Crippen LogP contribution in [0.5, 0.6) is 0 Å². The van der Waals surface area contributed by atoms with Crippen LogP contribution in [-0.2, 0) is 0 Å². The molecule has 0 amide bonds. The lowest BCUT2D eigenvalue weighted by molar-refractivity contribution is 0.810. The molecule has 0 saturated heterocycles. The molecule has 0 aromatic carbocycles. The Balaban J connectivity index is 4.15. The summed E-state index contributed by atoms with van der Waals surface area (Å²) in [6, 6.07) is 0. The molecule has 1 nitrogen and oxygen atoms in total. The molecule has 0 radical (unpaired) electrons. The average molecular weight is 193 g/mol. The molecule has 0 aliphatic carbocycles. The van der Waals surface area contributed by atoms with Crippen molar-refractivity contribution < 1.29 is 0 Å². The van der Waals surface area contributed by atoms with Crippen LogP contribution >= 0.6 is 0 Å². The highest BCUT2D eigenvalue weighted by atomic mass is 14.6. The average Bonchev–Trinajstić information content (AvgIpc) is 2.13. The van der Waals surface area contributed by atoms with E-state index < -0.39 is 0 Å². The highest BCUT2D eigenvalue weighted by Crippen LogP contribution is 2.10. The maximum atomic E-state index is 5.60. The minimum Gasteiger partial charge on any atom is -0.402 e. The highest BCUT2D eigenvalue weighted by Gasteiger charge is 1.93. The van der Waals surface area contributed by atoms with Crippen molar-refractivity contribution in [1.82, 2.24) is 0 Å². The number of unbranched alkanes of at least 4 members (excludes halogenated alkanes) is 2. The predicted octanol–water partition coefficient (Wildman–Crippen LogP) is 3.93. The van der Waals surface area contributed by atoms with E-state index in [-0.39, 0.29) is 0 Å². The Morgan fingerprint density at radius 1 is 1.36 bits per heavy atom. The number of nitrogens with two attached hydrogens (primary N) is 1. The van der Waals surface area contributed by atoms with Gasteiger partial charge in [-0.3, -0.25) is 0 Å². The van der Waals surface area contributed by atoms with E-state index >= 15 is 0 Å². The zero-order valence-corrected chi connectivity index (χ0v) is 9.55. The lowest BCUT2D eigenvalue weighted by Gasteiger charge is -2.01. The van der Waals surface area contributed by atoms with Crippen molar-refractivity contribution >= 4 is 0 Å². The fourth-order valence-electron chi connectivity index (χ4n) is 1.22. The molecule has 0 aliphatic heterocycles. The van der Waals surface area contributed by atoms with Gasteiger partial charge in [0.15, 0.2) is 0 Å². The van der Waals surface area contributed by atoms with Gasteiger partial charge in [0.1, 0.15) is 0 Å². The molecule has 0 bridgehead atoms. The molecule has 80 valence electrons. The first-order valence-electron chi connectivity index (χ1n) is 5.49. The van der Waals surface area contributed by atoms with Crippen LogP contribution in [0.25, 0.3) is 0 Å². The Morgan fingerprint density at radius 2 is 2.07 bits per heavy atom. The summed E-state index contributed by atoms with van der Waals surface area (Å²) in [5.41, 5.74) is 7.64. The number of rotatable bonds is 7. The van der Waals surface area contributed by atoms with Crippen molar-refractivity contribution in [2.75, 3.05) is 0 Å². The van der Waals surface area contributed by atoms with Crippen LogP contribution in [0.1, 0.15) is 46.0 Å². The van der Waals surface area contributed by atoms with Crippen molar-refractivity contribution in [3.05, 3.63) is 36.1 Å². The smallest absolute Gasteiger partial charge is 0.0111 e. The van der Waals surface area contributed by atoms with Gasteiger partial charge in [-0.15, -0.1) is 0 Å². The fourth-order valence-corrected chi connectivity index (χ4v) is 1.22. The van der Waals surface area contributed by atoms with Crippen molar-refractivity contribution in [2.45, 2.75) is 46.0 Å².